The normalized spacial score (nSPS) is 16.4. The molecule has 2 heterocycles. The zero-order valence-electron chi connectivity index (χ0n) is 17.5. The van der Waals surface area contributed by atoms with Crippen LogP contribution in [0.2, 0.25) is 0 Å². The van der Waals surface area contributed by atoms with Crippen LogP contribution in [0.3, 0.4) is 0 Å². The van der Waals surface area contributed by atoms with Crippen LogP contribution in [0.4, 0.5) is 0 Å². The van der Waals surface area contributed by atoms with Crippen molar-refractivity contribution >= 4 is 33.3 Å². The molecule has 0 radical (unpaired) electrons. The van der Waals surface area contributed by atoms with Crippen LogP contribution in [0.15, 0.2) is 34.2 Å². The van der Waals surface area contributed by atoms with Crippen LogP contribution in [-0.2, 0) is 12.8 Å². The Morgan fingerprint density at radius 3 is 2.76 bits per heavy atom. The average molecular weight is 429 g/mol. The number of aromatic nitrogens is 2. The molecule has 4 nitrogen and oxygen atoms in total. The Hall–Kier alpha value is -1.79. The van der Waals surface area contributed by atoms with Crippen LogP contribution in [0, 0.1) is 11.8 Å². The van der Waals surface area contributed by atoms with E-state index in [1.54, 1.807) is 34.8 Å². The lowest BCUT2D eigenvalue weighted by Crippen LogP contribution is -2.22. The molecule has 0 bridgehead atoms. The summed E-state index contributed by atoms with van der Waals surface area (Å²) in [6.45, 7) is 6.74. The van der Waals surface area contributed by atoms with Gasteiger partial charge in [0.1, 0.15) is 10.6 Å². The number of rotatable bonds is 6. The summed E-state index contributed by atoms with van der Waals surface area (Å²) in [6.07, 6.45) is 4.29. The molecular weight excluding hydrogens is 400 g/mol. The molecule has 0 saturated carbocycles. The molecule has 1 aliphatic rings. The van der Waals surface area contributed by atoms with E-state index in [1.807, 2.05) is 24.3 Å². The second-order valence-corrected chi connectivity index (χ2v) is 10.4. The zero-order valence-corrected chi connectivity index (χ0v) is 19.2. The molecule has 1 unspecified atom stereocenters. The van der Waals surface area contributed by atoms with E-state index in [0.717, 1.165) is 58.2 Å². The number of thioether (sulfide) groups is 1. The smallest absolute Gasteiger partial charge is 0.267 e. The van der Waals surface area contributed by atoms with Gasteiger partial charge in [0.05, 0.1) is 18.2 Å². The standard InChI is InChI=1S/C23H28N2O2S2/c1-14(2)11-12-28-23-24-21-20(18-10-5-15(3)13-19(18)29-21)22(26)25(23)16-6-8-17(27-4)9-7-16/h6-9,14-15H,5,10-13H2,1-4H3. The minimum absolute atomic E-state index is 0.0688. The van der Waals surface area contributed by atoms with E-state index in [-0.39, 0.29) is 5.56 Å². The summed E-state index contributed by atoms with van der Waals surface area (Å²) >= 11 is 3.41. The van der Waals surface area contributed by atoms with Gasteiger partial charge in [-0.05, 0) is 67.3 Å². The van der Waals surface area contributed by atoms with Crippen molar-refractivity contribution in [2.75, 3.05) is 12.9 Å². The van der Waals surface area contributed by atoms with Gasteiger partial charge >= 0.3 is 0 Å². The van der Waals surface area contributed by atoms with Crippen molar-refractivity contribution in [2.45, 2.75) is 51.6 Å². The molecular formula is C23H28N2O2S2. The Morgan fingerprint density at radius 2 is 2.07 bits per heavy atom. The number of benzene rings is 1. The molecule has 29 heavy (non-hydrogen) atoms. The lowest BCUT2D eigenvalue weighted by atomic mass is 9.89. The second-order valence-electron chi connectivity index (χ2n) is 8.30. The van der Waals surface area contributed by atoms with Crippen molar-refractivity contribution in [1.29, 1.82) is 0 Å². The van der Waals surface area contributed by atoms with Crippen molar-refractivity contribution in [3.05, 3.63) is 45.1 Å². The summed E-state index contributed by atoms with van der Waals surface area (Å²) in [5.41, 5.74) is 2.15. The Balaban J connectivity index is 1.87. The number of aryl methyl sites for hydroxylation is 1. The number of nitrogens with zero attached hydrogens (tertiary/aromatic N) is 2. The summed E-state index contributed by atoms with van der Waals surface area (Å²) in [7, 11) is 1.65. The van der Waals surface area contributed by atoms with Crippen LogP contribution >= 0.6 is 23.1 Å². The zero-order chi connectivity index (χ0) is 20.5. The van der Waals surface area contributed by atoms with Crippen molar-refractivity contribution in [2.24, 2.45) is 11.8 Å². The van der Waals surface area contributed by atoms with Crippen molar-refractivity contribution in [1.82, 2.24) is 9.55 Å². The highest BCUT2D eigenvalue weighted by atomic mass is 32.2. The maximum Gasteiger partial charge on any atom is 0.267 e. The van der Waals surface area contributed by atoms with Crippen molar-refractivity contribution < 1.29 is 4.74 Å². The number of ether oxygens (including phenoxy) is 1. The first-order chi connectivity index (χ1) is 14.0. The SMILES string of the molecule is COc1ccc(-n2c(SCCC(C)C)nc3sc4c(c3c2=O)CCC(C)C4)cc1. The summed E-state index contributed by atoms with van der Waals surface area (Å²) < 4.78 is 7.10. The molecule has 3 aromatic rings. The Labute approximate surface area is 180 Å². The predicted octanol–water partition coefficient (Wildman–Crippen LogP) is 5.72. The summed E-state index contributed by atoms with van der Waals surface area (Å²) in [6, 6.07) is 7.70. The van der Waals surface area contributed by atoms with E-state index >= 15 is 0 Å². The van der Waals surface area contributed by atoms with E-state index in [9.17, 15) is 4.79 Å². The first-order valence-corrected chi connectivity index (χ1v) is 12.1. The molecule has 1 aromatic carbocycles. The molecule has 0 N–H and O–H groups in total. The predicted molar refractivity (Wildman–Crippen MR) is 123 cm³/mol. The number of thiophene rings is 1. The highest BCUT2D eigenvalue weighted by Gasteiger charge is 2.25. The highest BCUT2D eigenvalue weighted by Crippen LogP contribution is 2.37. The number of methoxy groups -OCH3 is 1. The van der Waals surface area contributed by atoms with Gasteiger partial charge in [-0.1, -0.05) is 32.5 Å². The summed E-state index contributed by atoms with van der Waals surface area (Å²) in [5, 5.41) is 1.63. The van der Waals surface area contributed by atoms with Crippen LogP contribution in [0.25, 0.3) is 15.9 Å². The first-order valence-electron chi connectivity index (χ1n) is 10.3. The quantitative estimate of drug-likeness (QED) is 0.372. The lowest BCUT2D eigenvalue weighted by molar-refractivity contribution is 0.414. The third kappa shape index (κ3) is 4.10. The van der Waals surface area contributed by atoms with Crippen molar-refractivity contribution in [3.8, 4) is 11.4 Å². The molecule has 0 spiro atoms. The van der Waals surface area contributed by atoms with Crippen LogP contribution in [-0.4, -0.2) is 22.4 Å². The second kappa shape index (κ2) is 8.52. The molecule has 2 aromatic heterocycles. The first kappa shape index (κ1) is 20.5. The van der Waals surface area contributed by atoms with Gasteiger partial charge in [0.15, 0.2) is 5.16 Å². The summed E-state index contributed by atoms with van der Waals surface area (Å²) in [5.74, 6) is 3.04. The van der Waals surface area contributed by atoms with Crippen LogP contribution < -0.4 is 10.3 Å². The number of hydrogen-bond acceptors (Lipinski definition) is 5. The van der Waals surface area contributed by atoms with E-state index in [4.69, 9.17) is 9.72 Å². The molecule has 6 heteroatoms. The topological polar surface area (TPSA) is 44.1 Å². The molecule has 0 amide bonds. The van der Waals surface area contributed by atoms with Crippen LogP contribution in [0.5, 0.6) is 5.75 Å². The monoisotopic (exact) mass is 428 g/mol. The Bertz CT molecular complexity index is 1070. The van der Waals surface area contributed by atoms with E-state index in [0.29, 0.717) is 11.8 Å². The Kier molecular flexibility index (Phi) is 6.02. The van der Waals surface area contributed by atoms with Crippen molar-refractivity contribution in [3.63, 3.8) is 0 Å². The maximum atomic E-state index is 13.7. The largest absolute Gasteiger partial charge is 0.497 e. The molecule has 0 fully saturated rings. The van der Waals surface area contributed by atoms with Gasteiger partial charge in [0, 0.05) is 10.6 Å². The van der Waals surface area contributed by atoms with Gasteiger partial charge in [0.25, 0.3) is 5.56 Å². The maximum absolute atomic E-state index is 13.7. The molecule has 0 aliphatic heterocycles. The van der Waals surface area contributed by atoms with Gasteiger partial charge in [0.2, 0.25) is 0 Å². The lowest BCUT2D eigenvalue weighted by Gasteiger charge is -2.18. The number of hydrogen-bond donors (Lipinski definition) is 0. The third-order valence-electron chi connectivity index (χ3n) is 5.56. The van der Waals surface area contributed by atoms with E-state index in [2.05, 4.69) is 20.8 Å². The van der Waals surface area contributed by atoms with Gasteiger partial charge in [-0.3, -0.25) is 9.36 Å². The van der Waals surface area contributed by atoms with E-state index in [1.165, 1.54) is 10.4 Å². The molecule has 1 aliphatic carbocycles. The Morgan fingerprint density at radius 1 is 1.31 bits per heavy atom. The highest BCUT2D eigenvalue weighted by molar-refractivity contribution is 7.99. The van der Waals surface area contributed by atoms with Crippen LogP contribution in [0.1, 0.15) is 44.1 Å². The van der Waals surface area contributed by atoms with E-state index < -0.39 is 0 Å². The molecule has 0 saturated heterocycles. The van der Waals surface area contributed by atoms with Gasteiger partial charge in [-0.2, -0.15) is 0 Å². The number of fused-ring (bicyclic) bond motifs is 3. The fourth-order valence-corrected chi connectivity index (χ4v) is 6.49. The molecule has 1 atom stereocenters. The third-order valence-corrected chi connectivity index (χ3v) is 7.68. The van der Waals surface area contributed by atoms with Gasteiger partial charge in [-0.15, -0.1) is 11.3 Å². The average Bonchev–Trinajstić information content (AvgIpc) is 3.05. The molecule has 4 rings (SSSR count). The fourth-order valence-electron chi connectivity index (χ4n) is 3.81. The van der Waals surface area contributed by atoms with Gasteiger partial charge < -0.3 is 4.74 Å². The van der Waals surface area contributed by atoms with Gasteiger partial charge in [-0.25, -0.2) is 4.98 Å². The fraction of sp³-hybridized carbons (Fsp3) is 0.478. The molecule has 154 valence electrons. The minimum Gasteiger partial charge on any atom is -0.497 e. The minimum atomic E-state index is 0.0688. The summed E-state index contributed by atoms with van der Waals surface area (Å²) in [4.78, 5) is 21.0.